The molecule has 0 radical (unpaired) electrons. The molecule has 1 aliphatic rings. The van der Waals surface area contributed by atoms with Crippen LogP contribution in [0.3, 0.4) is 0 Å². The Morgan fingerprint density at radius 1 is 1.29 bits per heavy atom. The normalized spacial score (nSPS) is 16.8. The first-order valence-electron chi connectivity index (χ1n) is 5.94. The Balaban J connectivity index is 1.58. The summed E-state index contributed by atoms with van der Waals surface area (Å²) in [6.45, 7) is 2.67. The summed E-state index contributed by atoms with van der Waals surface area (Å²) < 4.78 is 6.64. The highest BCUT2D eigenvalue weighted by molar-refractivity contribution is 9.10. The summed E-state index contributed by atoms with van der Waals surface area (Å²) in [5.41, 5.74) is 0.178. The number of benzene rings is 1. The van der Waals surface area contributed by atoms with Crippen molar-refractivity contribution >= 4 is 15.9 Å². The number of ether oxygens (including phenoxy) is 1. The minimum atomic E-state index is 0.178. The van der Waals surface area contributed by atoms with Gasteiger partial charge in [0.05, 0.1) is 0 Å². The van der Waals surface area contributed by atoms with Gasteiger partial charge in [0, 0.05) is 29.6 Å². The molecule has 1 aliphatic carbocycles. The van der Waals surface area contributed by atoms with E-state index in [1.54, 1.807) is 0 Å². The van der Waals surface area contributed by atoms with Crippen molar-refractivity contribution < 1.29 is 9.84 Å². The number of rotatable bonds is 7. The first-order valence-corrected chi connectivity index (χ1v) is 6.73. The Labute approximate surface area is 110 Å². The van der Waals surface area contributed by atoms with E-state index in [2.05, 4.69) is 21.2 Å². The Morgan fingerprint density at radius 3 is 2.59 bits per heavy atom. The van der Waals surface area contributed by atoms with Gasteiger partial charge < -0.3 is 15.2 Å². The molecule has 94 valence electrons. The molecule has 2 N–H and O–H groups in total. The summed E-state index contributed by atoms with van der Waals surface area (Å²) in [7, 11) is 0. The minimum absolute atomic E-state index is 0.178. The predicted octanol–water partition coefficient (Wildman–Crippen LogP) is 2.19. The van der Waals surface area contributed by atoms with E-state index in [0.29, 0.717) is 13.2 Å². The van der Waals surface area contributed by atoms with E-state index in [1.165, 1.54) is 0 Å². The van der Waals surface area contributed by atoms with Crippen molar-refractivity contribution in [3.05, 3.63) is 28.7 Å². The van der Waals surface area contributed by atoms with Crippen LogP contribution in [0, 0.1) is 5.41 Å². The van der Waals surface area contributed by atoms with Gasteiger partial charge >= 0.3 is 0 Å². The van der Waals surface area contributed by atoms with Crippen LogP contribution >= 0.6 is 15.9 Å². The van der Waals surface area contributed by atoms with Gasteiger partial charge in [0.2, 0.25) is 0 Å². The molecule has 0 heterocycles. The van der Waals surface area contributed by atoms with E-state index in [4.69, 9.17) is 9.84 Å². The summed E-state index contributed by atoms with van der Waals surface area (Å²) in [6.07, 6.45) is 2.29. The largest absolute Gasteiger partial charge is 0.492 e. The molecule has 0 aromatic heterocycles. The maximum absolute atomic E-state index is 9.14. The molecule has 0 unspecified atom stereocenters. The fourth-order valence-electron chi connectivity index (χ4n) is 1.69. The van der Waals surface area contributed by atoms with Crippen LogP contribution in [-0.2, 0) is 0 Å². The van der Waals surface area contributed by atoms with Crippen molar-refractivity contribution in [1.29, 1.82) is 0 Å². The molecule has 0 spiro atoms. The Morgan fingerprint density at radius 2 is 2.00 bits per heavy atom. The van der Waals surface area contributed by atoms with Gasteiger partial charge in [0.25, 0.3) is 0 Å². The summed E-state index contributed by atoms with van der Waals surface area (Å²) in [5.74, 6) is 0.887. The van der Waals surface area contributed by atoms with Gasteiger partial charge in [0.1, 0.15) is 12.4 Å². The van der Waals surface area contributed by atoms with Gasteiger partial charge in [-0.3, -0.25) is 0 Å². The van der Waals surface area contributed by atoms with Crippen molar-refractivity contribution in [2.75, 3.05) is 26.3 Å². The topological polar surface area (TPSA) is 41.5 Å². The van der Waals surface area contributed by atoms with Gasteiger partial charge in [-0.25, -0.2) is 0 Å². The van der Waals surface area contributed by atoms with Crippen LogP contribution in [0.15, 0.2) is 28.7 Å². The first kappa shape index (κ1) is 12.9. The minimum Gasteiger partial charge on any atom is -0.492 e. The number of halogens is 1. The van der Waals surface area contributed by atoms with Crippen LogP contribution in [0.4, 0.5) is 0 Å². The third-order valence-corrected chi connectivity index (χ3v) is 3.68. The van der Waals surface area contributed by atoms with Crippen molar-refractivity contribution in [2.24, 2.45) is 5.41 Å². The molecule has 4 heteroatoms. The van der Waals surface area contributed by atoms with E-state index in [0.717, 1.165) is 36.2 Å². The van der Waals surface area contributed by atoms with E-state index >= 15 is 0 Å². The highest BCUT2D eigenvalue weighted by Crippen LogP contribution is 2.44. The lowest BCUT2D eigenvalue weighted by Crippen LogP contribution is -2.29. The summed E-state index contributed by atoms with van der Waals surface area (Å²) in [6, 6.07) is 7.82. The predicted molar refractivity (Wildman–Crippen MR) is 71.3 cm³/mol. The lowest BCUT2D eigenvalue weighted by Gasteiger charge is -2.13. The Hall–Kier alpha value is -0.580. The number of hydrogen-bond donors (Lipinski definition) is 2. The van der Waals surface area contributed by atoms with Gasteiger partial charge in [-0.2, -0.15) is 0 Å². The molecule has 1 aromatic carbocycles. The standard InChI is InChI=1S/C13H18BrNO2/c14-11-1-3-12(4-2-11)17-8-7-15-9-13(10-16)5-6-13/h1-4,15-16H,5-10H2. The second kappa shape index (κ2) is 5.85. The maximum atomic E-state index is 9.14. The number of aliphatic hydroxyl groups is 1. The molecular formula is C13H18BrNO2. The molecule has 3 nitrogen and oxygen atoms in total. The van der Waals surface area contributed by atoms with Crippen LogP contribution < -0.4 is 10.1 Å². The van der Waals surface area contributed by atoms with Crippen LogP contribution in [-0.4, -0.2) is 31.4 Å². The summed E-state index contributed by atoms with van der Waals surface area (Å²) >= 11 is 3.38. The second-order valence-electron chi connectivity index (χ2n) is 4.64. The van der Waals surface area contributed by atoms with E-state index in [9.17, 15) is 0 Å². The fraction of sp³-hybridized carbons (Fsp3) is 0.538. The van der Waals surface area contributed by atoms with Crippen LogP contribution in [0.5, 0.6) is 5.75 Å². The van der Waals surface area contributed by atoms with Crippen molar-refractivity contribution in [3.8, 4) is 5.75 Å². The molecule has 0 saturated heterocycles. The zero-order chi connectivity index (χ0) is 12.1. The monoisotopic (exact) mass is 299 g/mol. The maximum Gasteiger partial charge on any atom is 0.119 e. The Bertz CT molecular complexity index is 349. The lowest BCUT2D eigenvalue weighted by atomic mass is 10.1. The summed E-state index contributed by atoms with van der Waals surface area (Å²) in [5, 5.41) is 12.5. The van der Waals surface area contributed by atoms with E-state index in [1.807, 2.05) is 24.3 Å². The van der Waals surface area contributed by atoms with E-state index in [-0.39, 0.29) is 5.41 Å². The number of hydrogen-bond acceptors (Lipinski definition) is 3. The Kier molecular flexibility index (Phi) is 4.42. The molecule has 0 amide bonds. The van der Waals surface area contributed by atoms with Gasteiger partial charge in [-0.15, -0.1) is 0 Å². The fourth-order valence-corrected chi connectivity index (χ4v) is 1.96. The molecule has 1 saturated carbocycles. The highest BCUT2D eigenvalue weighted by atomic mass is 79.9. The quantitative estimate of drug-likeness (QED) is 0.759. The second-order valence-corrected chi connectivity index (χ2v) is 5.55. The van der Waals surface area contributed by atoms with Gasteiger partial charge in [-0.05, 0) is 37.1 Å². The summed E-state index contributed by atoms with van der Waals surface area (Å²) in [4.78, 5) is 0. The molecule has 0 atom stereocenters. The van der Waals surface area contributed by atoms with Crippen molar-refractivity contribution in [2.45, 2.75) is 12.8 Å². The molecule has 17 heavy (non-hydrogen) atoms. The third-order valence-electron chi connectivity index (χ3n) is 3.15. The van der Waals surface area contributed by atoms with Crippen LogP contribution in [0.1, 0.15) is 12.8 Å². The van der Waals surface area contributed by atoms with Crippen LogP contribution in [0.25, 0.3) is 0 Å². The van der Waals surface area contributed by atoms with Crippen molar-refractivity contribution in [3.63, 3.8) is 0 Å². The number of nitrogens with one attached hydrogen (secondary N) is 1. The molecule has 0 aliphatic heterocycles. The smallest absolute Gasteiger partial charge is 0.119 e. The molecule has 2 rings (SSSR count). The van der Waals surface area contributed by atoms with Gasteiger partial charge in [-0.1, -0.05) is 15.9 Å². The third kappa shape index (κ3) is 3.98. The average Bonchev–Trinajstić information content (AvgIpc) is 3.12. The van der Waals surface area contributed by atoms with Crippen LogP contribution in [0.2, 0.25) is 0 Å². The molecule has 0 bridgehead atoms. The molecule has 1 aromatic rings. The first-order chi connectivity index (χ1) is 8.24. The zero-order valence-corrected chi connectivity index (χ0v) is 11.4. The van der Waals surface area contributed by atoms with E-state index < -0.39 is 0 Å². The zero-order valence-electron chi connectivity index (χ0n) is 9.79. The molecule has 1 fully saturated rings. The van der Waals surface area contributed by atoms with Crippen molar-refractivity contribution in [1.82, 2.24) is 5.32 Å². The average molecular weight is 300 g/mol. The SMILES string of the molecule is OCC1(CNCCOc2ccc(Br)cc2)CC1. The highest BCUT2D eigenvalue weighted by Gasteiger charge is 2.41. The number of aliphatic hydroxyl groups excluding tert-OH is 1. The molecular weight excluding hydrogens is 282 g/mol. The van der Waals surface area contributed by atoms with Gasteiger partial charge in [0.15, 0.2) is 0 Å². The lowest BCUT2D eigenvalue weighted by molar-refractivity contribution is 0.204.